The van der Waals surface area contributed by atoms with Gasteiger partial charge in [0.15, 0.2) is 0 Å². The zero-order valence-corrected chi connectivity index (χ0v) is 8.50. The number of benzene rings is 1. The summed E-state index contributed by atoms with van der Waals surface area (Å²) in [6.45, 7) is 2.29. The van der Waals surface area contributed by atoms with E-state index in [0.29, 0.717) is 6.17 Å². The predicted molar refractivity (Wildman–Crippen MR) is 59.2 cm³/mol. The largest absolute Gasteiger partial charge is 0.302 e. The fourth-order valence-electron chi connectivity index (χ4n) is 1.87. The molecule has 2 N–H and O–H groups in total. The highest BCUT2D eigenvalue weighted by Gasteiger charge is 2.10. The molecule has 0 unspecified atom stereocenters. The van der Waals surface area contributed by atoms with Gasteiger partial charge >= 0.3 is 0 Å². The molecule has 1 aliphatic rings. The summed E-state index contributed by atoms with van der Waals surface area (Å²) in [7, 11) is 0. The average molecular weight is 190 g/mol. The Hall–Kier alpha value is -0.860. The third-order valence-electron chi connectivity index (χ3n) is 2.67. The lowest BCUT2D eigenvalue weighted by Crippen LogP contribution is -2.42. The molecule has 0 saturated carbocycles. The van der Waals surface area contributed by atoms with E-state index in [9.17, 15) is 0 Å². The Balaban J connectivity index is 1.90. The molecule has 0 amide bonds. The topological polar surface area (TPSA) is 24.1 Å². The Kier molecular flexibility index (Phi) is 3.55. The zero-order valence-electron chi connectivity index (χ0n) is 8.50. The average Bonchev–Trinajstić information content (AvgIpc) is 2.48. The van der Waals surface area contributed by atoms with E-state index in [1.165, 1.54) is 18.4 Å². The third kappa shape index (κ3) is 2.82. The van der Waals surface area contributed by atoms with Crippen molar-refractivity contribution >= 4 is 0 Å². The van der Waals surface area contributed by atoms with E-state index in [1.54, 1.807) is 0 Å². The van der Waals surface area contributed by atoms with Crippen molar-refractivity contribution in [1.82, 2.24) is 10.6 Å². The number of hydrogen-bond acceptors (Lipinski definition) is 2. The highest BCUT2D eigenvalue weighted by atomic mass is 15.1. The Morgan fingerprint density at radius 2 is 1.64 bits per heavy atom. The smallest absolute Gasteiger partial charge is 0.0613 e. The first-order chi connectivity index (χ1) is 6.95. The van der Waals surface area contributed by atoms with Gasteiger partial charge in [-0.15, -0.1) is 0 Å². The van der Waals surface area contributed by atoms with Crippen LogP contribution in [0.4, 0.5) is 0 Å². The van der Waals surface area contributed by atoms with Gasteiger partial charge in [-0.1, -0.05) is 30.3 Å². The summed E-state index contributed by atoms with van der Waals surface area (Å²) in [4.78, 5) is 0. The summed E-state index contributed by atoms with van der Waals surface area (Å²) in [5.74, 6) is 0. The number of rotatable bonds is 2. The summed E-state index contributed by atoms with van der Waals surface area (Å²) >= 11 is 0. The van der Waals surface area contributed by atoms with Gasteiger partial charge in [-0.3, -0.25) is 0 Å². The maximum absolute atomic E-state index is 3.52. The highest BCUT2D eigenvalue weighted by Crippen LogP contribution is 2.03. The summed E-state index contributed by atoms with van der Waals surface area (Å²) in [5.41, 5.74) is 1.40. The normalized spacial score (nSPS) is 19.1. The lowest BCUT2D eigenvalue weighted by atomic mass is 10.1. The van der Waals surface area contributed by atoms with Gasteiger partial charge in [-0.2, -0.15) is 0 Å². The van der Waals surface area contributed by atoms with E-state index in [0.717, 1.165) is 19.5 Å². The summed E-state index contributed by atoms with van der Waals surface area (Å²) in [6, 6.07) is 10.7. The van der Waals surface area contributed by atoms with E-state index in [2.05, 4.69) is 41.0 Å². The molecule has 1 aliphatic heterocycles. The van der Waals surface area contributed by atoms with Crippen LogP contribution in [-0.4, -0.2) is 19.3 Å². The van der Waals surface area contributed by atoms with Crippen molar-refractivity contribution in [2.24, 2.45) is 0 Å². The molecule has 1 heterocycles. The lowest BCUT2D eigenvalue weighted by Gasteiger charge is -2.16. The van der Waals surface area contributed by atoms with Crippen molar-refractivity contribution < 1.29 is 0 Å². The molecular weight excluding hydrogens is 172 g/mol. The Labute approximate surface area is 85.7 Å². The summed E-state index contributed by atoms with van der Waals surface area (Å²) in [6.07, 6.45) is 4.12. The van der Waals surface area contributed by atoms with Crippen LogP contribution < -0.4 is 10.6 Å². The van der Waals surface area contributed by atoms with Crippen LogP contribution in [0.15, 0.2) is 30.3 Å². The molecule has 14 heavy (non-hydrogen) atoms. The molecule has 0 spiro atoms. The molecule has 1 aromatic carbocycles. The second-order valence-electron chi connectivity index (χ2n) is 3.86. The van der Waals surface area contributed by atoms with Crippen LogP contribution in [0.1, 0.15) is 18.4 Å². The van der Waals surface area contributed by atoms with E-state index < -0.39 is 0 Å². The molecule has 1 saturated heterocycles. The minimum absolute atomic E-state index is 0.458. The van der Waals surface area contributed by atoms with E-state index in [4.69, 9.17) is 0 Å². The summed E-state index contributed by atoms with van der Waals surface area (Å²) < 4.78 is 0. The number of hydrogen-bond donors (Lipinski definition) is 2. The van der Waals surface area contributed by atoms with Crippen molar-refractivity contribution in [2.45, 2.75) is 25.4 Å². The Morgan fingerprint density at radius 1 is 1.00 bits per heavy atom. The van der Waals surface area contributed by atoms with Crippen LogP contribution in [0.3, 0.4) is 0 Å². The molecule has 1 fully saturated rings. The van der Waals surface area contributed by atoms with Gasteiger partial charge in [0, 0.05) is 6.42 Å². The maximum atomic E-state index is 3.52. The van der Waals surface area contributed by atoms with Gasteiger partial charge in [-0.25, -0.2) is 0 Å². The van der Waals surface area contributed by atoms with Crippen LogP contribution >= 0.6 is 0 Å². The highest BCUT2D eigenvalue weighted by molar-refractivity contribution is 5.15. The molecule has 0 atom stereocenters. The Morgan fingerprint density at radius 3 is 2.29 bits per heavy atom. The zero-order chi connectivity index (χ0) is 9.64. The van der Waals surface area contributed by atoms with Crippen molar-refractivity contribution in [2.75, 3.05) is 13.1 Å². The summed E-state index contributed by atoms with van der Waals surface area (Å²) in [5, 5.41) is 7.04. The minimum Gasteiger partial charge on any atom is -0.302 e. The molecule has 0 aliphatic carbocycles. The predicted octanol–water partition coefficient (Wildman–Crippen LogP) is 1.53. The first kappa shape index (κ1) is 9.69. The Bertz CT molecular complexity index is 250. The van der Waals surface area contributed by atoms with Gasteiger partial charge in [0.1, 0.15) is 0 Å². The number of nitrogens with one attached hydrogen (secondary N) is 2. The molecule has 0 aromatic heterocycles. The molecular formula is C12H18N2. The SMILES string of the molecule is c1ccc(CC2NCCCCN2)cc1. The first-order valence-electron chi connectivity index (χ1n) is 5.46. The van der Waals surface area contributed by atoms with E-state index in [-0.39, 0.29) is 0 Å². The van der Waals surface area contributed by atoms with Gasteiger partial charge < -0.3 is 10.6 Å². The van der Waals surface area contributed by atoms with Crippen LogP contribution in [-0.2, 0) is 6.42 Å². The molecule has 2 heteroatoms. The van der Waals surface area contributed by atoms with Crippen LogP contribution in [0.2, 0.25) is 0 Å². The monoisotopic (exact) mass is 190 g/mol. The maximum Gasteiger partial charge on any atom is 0.0613 e. The first-order valence-corrected chi connectivity index (χ1v) is 5.46. The second kappa shape index (κ2) is 5.13. The molecule has 2 nitrogen and oxygen atoms in total. The van der Waals surface area contributed by atoms with Gasteiger partial charge in [-0.05, 0) is 31.5 Å². The van der Waals surface area contributed by atoms with Gasteiger partial charge in [0.25, 0.3) is 0 Å². The molecule has 0 bridgehead atoms. The third-order valence-corrected chi connectivity index (χ3v) is 2.67. The molecule has 76 valence electrons. The van der Waals surface area contributed by atoms with Crippen LogP contribution in [0, 0.1) is 0 Å². The lowest BCUT2D eigenvalue weighted by molar-refractivity contribution is 0.460. The van der Waals surface area contributed by atoms with Crippen molar-refractivity contribution in [3.05, 3.63) is 35.9 Å². The van der Waals surface area contributed by atoms with Gasteiger partial charge in [0.05, 0.1) is 6.17 Å². The molecule has 2 rings (SSSR count). The van der Waals surface area contributed by atoms with E-state index >= 15 is 0 Å². The molecule has 1 aromatic rings. The standard InChI is InChI=1S/C12H18N2/c1-2-6-11(7-3-1)10-12-13-8-4-5-9-14-12/h1-3,6-7,12-14H,4-5,8-10H2. The quantitative estimate of drug-likeness (QED) is 0.739. The van der Waals surface area contributed by atoms with Crippen LogP contribution in [0.25, 0.3) is 0 Å². The van der Waals surface area contributed by atoms with Gasteiger partial charge in [0.2, 0.25) is 0 Å². The fraction of sp³-hybridized carbons (Fsp3) is 0.500. The van der Waals surface area contributed by atoms with E-state index in [1.807, 2.05) is 0 Å². The van der Waals surface area contributed by atoms with Crippen molar-refractivity contribution in [3.8, 4) is 0 Å². The van der Waals surface area contributed by atoms with Crippen molar-refractivity contribution in [1.29, 1.82) is 0 Å². The minimum atomic E-state index is 0.458. The van der Waals surface area contributed by atoms with Crippen LogP contribution in [0.5, 0.6) is 0 Å². The van der Waals surface area contributed by atoms with Crippen molar-refractivity contribution in [3.63, 3.8) is 0 Å². The molecule has 0 radical (unpaired) electrons. The fourth-order valence-corrected chi connectivity index (χ4v) is 1.87. The second-order valence-corrected chi connectivity index (χ2v) is 3.86.